The van der Waals surface area contributed by atoms with Gasteiger partial charge in [0.2, 0.25) is 5.82 Å². The van der Waals surface area contributed by atoms with Crippen LogP contribution in [0.5, 0.6) is 0 Å². The second kappa shape index (κ2) is 6.31. The van der Waals surface area contributed by atoms with Gasteiger partial charge in [0.1, 0.15) is 0 Å². The maximum absolute atomic E-state index is 10.8. The third kappa shape index (κ3) is 3.43. The molecular weight excluding hydrogens is 303 g/mol. The number of anilines is 1. The maximum Gasteiger partial charge on any atom is 0.313 e. The van der Waals surface area contributed by atoms with E-state index in [1.54, 1.807) is 18.2 Å². The van der Waals surface area contributed by atoms with Crippen LogP contribution in [-0.4, -0.2) is 16.1 Å². The lowest BCUT2D eigenvalue weighted by Gasteiger charge is -2.00. The van der Waals surface area contributed by atoms with Gasteiger partial charge in [-0.2, -0.15) is 5.10 Å². The predicted molar refractivity (Wildman–Crippen MR) is 78.6 cm³/mol. The molecule has 6 nitrogen and oxygen atoms in total. The molecule has 0 saturated carbocycles. The summed E-state index contributed by atoms with van der Waals surface area (Å²) in [6.45, 7) is 0. The molecule has 0 aliphatic heterocycles. The van der Waals surface area contributed by atoms with Gasteiger partial charge in [-0.3, -0.25) is 15.5 Å². The van der Waals surface area contributed by atoms with E-state index in [2.05, 4.69) is 15.5 Å². The highest BCUT2D eigenvalue weighted by molar-refractivity contribution is 6.42. The molecule has 20 heavy (non-hydrogen) atoms. The highest BCUT2D eigenvalue weighted by atomic mass is 35.5. The summed E-state index contributed by atoms with van der Waals surface area (Å²) in [5.41, 5.74) is 3.06. The van der Waals surface area contributed by atoms with Crippen LogP contribution in [0.2, 0.25) is 10.0 Å². The first kappa shape index (κ1) is 14.2. The van der Waals surface area contributed by atoms with E-state index in [0.29, 0.717) is 15.6 Å². The van der Waals surface area contributed by atoms with Crippen LogP contribution in [0, 0.1) is 10.1 Å². The number of hydrogen-bond donors (Lipinski definition) is 1. The molecule has 0 saturated heterocycles. The minimum atomic E-state index is -0.538. The Labute approximate surface area is 124 Å². The topological polar surface area (TPSA) is 80.4 Å². The van der Waals surface area contributed by atoms with Gasteiger partial charge in [0.05, 0.1) is 21.2 Å². The van der Waals surface area contributed by atoms with Crippen molar-refractivity contribution in [3.63, 3.8) is 0 Å². The number of nitro groups is 1. The Morgan fingerprint density at radius 3 is 2.80 bits per heavy atom. The van der Waals surface area contributed by atoms with Crippen molar-refractivity contribution in [1.29, 1.82) is 0 Å². The summed E-state index contributed by atoms with van der Waals surface area (Å²) in [6.07, 6.45) is 2.89. The van der Waals surface area contributed by atoms with Gasteiger partial charge in [-0.15, -0.1) is 0 Å². The second-order valence-electron chi connectivity index (χ2n) is 3.67. The van der Waals surface area contributed by atoms with E-state index in [4.69, 9.17) is 23.2 Å². The number of nitrogens with zero attached hydrogens (tertiary/aromatic N) is 3. The molecule has 0 radical (unpaired) electrons. The van der Waals surface area contributed by atoms with Crippen LogP contribution < -0.4 is 5.43 Å². The van der Waals surface area contributed by atoms with Crippen LogP contribution in [0.4, 0.5) is 11.5 Å². The number of halogens is 2. The van der Waals surface area contributed by atoms with Gasteiger partial charge in [-0.05, 0) is 23.8 Å². The predicted octanol–water partition coefficient (Wildman–Crippen LogP) is 3.74. The Morgan fingerprint density at radius 1 is 1.30 bits per heavy atom. The molecule has 102 valence electrons. The molecule has 1 aromatic carbocycles. The molecule has 0 amide bonds. The van der Waals surface area contributed by atoms with Gasteiger partial charge in [0, 0.05) is 12.3 Å². The fraction of sp³-hybridized carbons (Fsp3) is 0. The highest BCUT2D eigenvalue weighted by Gasteiger charge is 2.12. The molecule has 8 heteroatoms. The summed E-state index contributed by atoms with van der Waals surface area (Å²) < 4.78 is 0. The van der Waals surface area contributed by atoms with Crippen molar-refractivity contribution in [2.24, 2.45) is 5.10 Å². The van der Waals surface area contributed by atoms with Crippen LogP contribution >= 0.6 is 23.2 Å². The van der Waals surface area contributed by atoms with E-state index in [0.717, 1.165) is 0 Å². The maximum atomic E-state index is 10.8. The molecule has 0 fully saturated rings. The summed E-state index contributed by atoms with van der Waals surface area (Å²) >= 11 is 11.7. The minimum absolute atomic E-state index is 0.0637. The van der Waals surface area contributed by atoms with Crippen molar-refractivity contribution in [2.45, 2.75) is 0 Å². The number of hydrogen-bond acceptors (Lipinski definition) is 5. The lowest BCUT2D eigenvalue weighted by molar-refractivity contribution is -0.384. The van der Waals surface area contributed by atoms with E-state index in [9.17, 15) is 10.1 Å². The van der Waals surface area contributed by atoms with Crippen molar-refractivity contribution in [3.8, 4) is 0 Å². The molecule has 0 spiro atoms. The zero-order valence-corrected chi connectivity index (χ0v) is 11.5. The van der Waals surface area contributed by atoms with Crippen LogP contribution in [0.3, 0.4) is 0 Å². The Bertz CT molecular complexity index is 676. The Balaban J connectivity index is 2.14. The van der Waals surface area contributed by atoms with E-state index >= 15 is 0 Å². The van der Waals surface area contributed by atoms with Crippen LogP contribution in [0.15, 0.2) is 41.6 Å². The SMILES string of the molecule is O=[N+]([O-])c1cccnc1N/N=C\c1ccc(Cl)c(Cl)c1. The standard InChI is InChI=1S/C12H8Cl2N4O2/c13-9-4-3-8(6-10(9)14)7-16-17-12-11(18(19)20)2-1-5-15-12/h1-7H,(H,15,17)/b16-7-. The fourth-order valence-corrected chi connectivity index (χ4v) is 1.70. The molecular formula is C12H8Cl2N4O2. The van der Waals surface area contributed by atoms with Crippen molar-refractivity contribution < 1.29 is 4.92 Å². The number of benzene rings is 1. The largest absolute Gasteiger partial charge is 0.313 e. The Hall–Kier alpha value is -2.18. The molecule has 0 atom stereocenters. The first-order valence-corrected chi connectivity index (χ1v) is 6.17. The molecule has 0 aliphatic rings. The lowest BCUT2D eigenvalue weighted by Crippen LogP contribution is -1.98. The molecule has 1 heterocycles. The smallest absolute Gasteiger partial charge is 0.258 e. The fourth-order valence-electron chi connectivity index (χ4n) is 1.39. The summed E-state index contributed by atoms with van der Waals surface area (Å²) in [5.74, 6) is 0.0637. The molecule has 1 aromatic heterocycles. The normalized spacial score (nSPS) is 10.7. The zero-order valence-electron chi connectivity index (χ0n) is 9.96. The van der Waals surface area contributed by atoms with Gasteiger partial charge in [-0.25, -0.2) is 4.98 Å². The Kier molecular flexibility index (Phi) is 4.49. The summed E-state index contributed by atoms with van der Waals surface area (Å²) in [5, 5.41) is 15.5. The second-order valence-corrected chi connectivity index (χ2v) is 4.49. The zero-order chi connectivity index (χ0) is 14.5. The number of hydrazone groups is 1. The molecule has 2 rings (SSSR count). The van der Waals surface area contributed by atoms with Gasteiger partial charge in [0.25, 0.3) is 0 Å². The molecule has 1 N–H and O–H groups in total. The molecule has 0 bridgehead atoms. The van der Waals surface area contributed by atoms with Gasteiger partial charge < -0.3 is 0 Å². The van der Waals surface area contributed by atoms with E-state index in [1.807, 2.05) is 0 Å². The van der Waals surface area contributed by atoms with Crippen LogP contribution in [0.1, 0.15) is 5.56 Å². The van der Waals surface area contributed by atoms with Crippen LogP contribution in [0.25, 0.3) is 0 Å². The minimum Gasteiger partial charge on any atom is -0.258 e. The van der Waals surface area contributed by atoms with Crippen molar-refractivity contribution in [1.82, 2.24) is 4.98 Å². The number of nitrogens with one attached hydrogen (secondary N) is 1. The van der Waals surface area contributed by atoms with Crippen LogP contribution in [-0.2, 0) is 0 Å². The third-order valence-corrected chi connectivity index (χ3v) is 3.05. The number of aromatic nitrogens is 1. The monoisotopic (exact) mass is 310 g/mol. The van der Waals surface area contributed by atoms with E-state index in [1.165, 1.54) is 24.5 Å². The first-order valence-electron chi connectivity index (χ1n) is 5.41. The van der Waals surface area contributed by atoms with E-state index < -0.39 is 4.92 Å². The van der Waals surface area contributed by atoms with Crippen molar-refractivity contribution in [2.75, 3.05) is 5.43 Å². The molecule has 0 unspecified atom stereocenters. The quantitative estimate of drug-likeness (QED) is 0.530. The summed E-state index contributed by atoms with van der Waals surface area (Å²) in [4.78, 5) is 14.1. The van der Waals surface area contributed by atoms with Crippen molar-refractivity contribution in [3.05, 3.63) is 62.3 Å². The number of rotatable bonds is 4. The molecule has 2 aromatic rings. The van der Waals surface area contributed by atoms with Crippen molar-refractivity contribution >= 4 is 40.9 Å². The van der Waals surface area contributed by atoms with Gasteiger partial charge >= 0.3 is 5.69 Å². The van der Waals surface area contributed by atoms with Gasteiger partial charge in [0.15, 0.2) is 0 Å². The highest BCUT2D eigenvalue weighted by Crippen LogP contribution is 2.22. The third-order valence-electron chi connectivity index (χ3n) is 2.31. The van der Waals surface area contributed by atoms with E-state index in [-0.39, 0.29) is 11.5 Å². The first-order chi connectivity index (χ1) is 9.58. The van der Waals surface area contributed by atoms with Gasteiger partial charge in [-0.1, -0.05) is 29.3 Å². The summed E-state index contributed by atoms with van der Waals surface area (Å²) in [6, 6.07) is 7.79. The average Bonchev–Trinajstić information content (AvgIpc) is 2.43. The number of pyridine rings is 1. The molecule has 0 aliphatic carbocycles. The summed E-state index contributed by atoms with van der Waals surface area (Å²) in [7, 11) is 0. The average molecular weight is 311 g/mol. The Morgan fingerprint density at radius 2 is 2.10 bits per heavy atom. The lowest BCUT2D eigenvalue weighted by atomic mass is 10.2.